The van der Waals surface area contributed by atoms with Crippen LogP contribution in [0.5, 0.6) is 0 Å². The van der Waals surface area contributed by atoms with Crippen LogP contribution in [0.15, 0.2) is 4.99 Å². The summed E-state index contributed by atoms with van der Waals surface area (Å²) >= 11 is 0. The molecule has 9 N–H and O–H groups in total. The van der Waals surface area contributed by atoms with Gasteiger partial charge in [0.2, 0.25) is 17.7 Å². The Balaban J connectivity index is 2.53. The lowest BCUT2D eigenvalue weighted by atomic mass is 10.0. The normalized spacial score (nSPS) is 17.5. The van der Waals surface area contributed by atoms with Crippen LogP contribution in [0.4, 0.5) is 0 Å². The van der Waals surface area contributed by atoms with Crippen molar-refractivity contribution in [1.29, 1.82) is 0 Å². The number of aliphatic imine (C=N–C) groups is 1. The topological polar surface area (TPSA) is 201 Å². The van der Waals surface area contributed by atoms with Crippen molar-refractivity contribution in [2.45, 2.75) is 64.1 Å². The van der Waals surface area contributed by atoms with Crippen LogP contribution in [0.2, 0.25) is 0 Å². The van der Waals surface area contributed by atoms with E-state index in [1.54, 1.807) is 0 Å². The minimum absolute atomic E-state index is 0.0922. The maximum absolute atomic E-state index is 12.5. The van der Waals surface area contributed by atoms with Crippen LogP contribution < -0.4 is 32.7 Å². The molecule has 3 atom stereocenters. The van der Waals surface area contributed by atoms with Crippen molar-refractivity contribution in [2.24, 2.45) is 22.4 Å². The monoisotopic (exact) mass is 441 g/mol. The molecule has 1 fully saturated rings. The number of carboxylic acid groups (broad SMARTS) is 1. The van der Waals surface area contributed by atoms with E-state index < -0.39 is 36.4 Å². The molecular weight excluding hydrogens is 406 g/mol. The van der Waals surface area contributed by atoms with Crippen LogP contribution >= 0.6 is 0 Å². The Labute approximate surface area is 182 Å². The zero-order valence-corrected chi connectivity index (χ0v) is 18.1. The standard InChI is InChI=1S/C19H35N7O5/c1-11(2)9-14(26-17(29)12-5-3-7-22-12)16(28)24-10-15(27)25-13(18(30)31)6-4-8-23-19(20)21/h11-14,22H,3-10H2,1-2H3,(H,24,28)(H,25,27)(H,26,29)(H,30,31)(H4,20,21,23). The Hall–Kier alpha value is -2.89. The van der Waals surface area contributed by atoms with Gasteiger partial charge in [0.15, 0.2) is 5.96 Å². The van der Waals surface area contributed by atoms with Crippen molar-refractivity contribution in [3.05, 3.63) is 0 Å². The average molecular weight is 442 g/mol. The van der Waals surface area contributed by atoms with Gasteiger partial charge in [-0.2, -0.15) is 0 Å². The molecular formula is C19H35N7O5. The molecule has 12 nitrogen and oxygen atoms in total. The largest absolute Gasteiger partial charge is 0.480 e. The zero-order chi connectivity index (χ0) is 23.4. The third-order valence-electron chi connectivity index (χ3n) is 4.72. The first-order chi connectivity index (χ1) is 14.6. The van der Waals surface area contributed by atoms with Crippen LogP contribution in [0.3, 0.4) is 0 Å². The number of guanidine groups is 1. The van der Waals surface area contributed by atoms with Gasteiger partial charge in [-0.05, 0) is 44.6 Å². The molecule has 1 aliphatic rings. The number of amides is 3. The van der Waals surface area contributed by atoms with Crippen LogP contribution in [0.25, 0.3) is 0 Å². The number of carbonyl (C=O) groups excluding carboxylic acids is 3. The molecule has 3 unspecified atom stereocenters. The minimum atomic E-state index is -1.20. The summed E-state index contributed by atoms with van der Waals surface area (Å²) in [6.07, 6.45) is 2.51. The van der Waals surface area contributed by atoms with E-state index in [2.05, 4.69) is 26.3 Å². The second-order valence-electron chi connectivity index (χ2n) is 7.96. The molecule has 0 aromatic heterocycles. The van der Waals surface area contributed by atoms with Crippen molar-refractivity contribution in [1.82, 2.24) is 21.3 Å². The van der Waals surface area contributed by atoms with Gasteiger partial charge in [-0.25, -0.2) is 4.79 Å². The molecule has 0 aliphatic carbocycles. The summed E-state index contributed by atoms with van der Waals surface area (Å²) in [5.74, 6) is -2.52. The molecule has 0 bridgehead atoms. The molecule has 1 aliphatic heterocycles. The van der Waals surface area contributed by atoms with Gasteiger partial charge in [0.1, 0.15) is 12.1 Å². The molecule has 0 saturated carbocycles. The second-order valence-corrected chi connectivity index (χ2v) is 7.96. The van der Waals surface area contributed by atoms with E-state index in [1.165, 1.54) is 0 Å². The lowest BCUT2D eigenvalue weighted by Crippen LogP contribution is -2.53. The van der Waals surface area contributed by atoms with Gasteiger partial charge in [0.05, 0.1) is 12.6 Å². The molecule has 0 aromatic rings. The van der Waals surface area contributed by atoms with E-state index in [1.807, 2.05) is 13.8 Å². The lowest BCUT2D eigenvalue weighted by molar-refractivity contribution is -0.142. The average Bonchev–Trinajstić information content (AvgIpc) is 3.22. The van der Waals surface area contributed by atoms with Crippen molar-refractivity contribution in [2.75, 3.05) is 19.6 Å². The van der Waals surface area contributed by atoms with Crippen LogP contribution in [0.1, 0.15) is 46.0 Å². The molecule has 0 spiro atoms. The summed E-state index contributed by atoms with van der Waals surface area (Å²) < 4.78 is 0. The fourth-order valence-corrected chi connectivity index (χ4v) is 3.18. The van der Waals surface area contributed by atoms with E-state index in [4.69, 9.17) is 11.5 Å². The first kappa shape index (κ1) is 26.1. The number of carboxylic acids is 1. The second kappa shape index (κ2) is 13.4. The maximum Gasteiger partial charge on any atom is 0.326 e. The molecule has 1 saturated heterocycles. The summed E-state index contributed by atoms with van der Waals surface area (Å²) in [4.78, 5) is 52.1. The van der Waals surface area contributed by atoms with E-state index in [9.17, 15) is 24.3 Å². The highest BCUT2D eigenvalue weighted by Gasteiger charge is 2.28. The third-order valence-corrected chi connectivity index (χ3v) is 4.72. The van der Waals surface area contributed by atoms with Crippen LogP contribution in [0, 0.1) is 5.92 Å². The predicted octanol–water partition coefficient (Wildman–Crippen LogP) is -1.99. The molecule has 31 heavy (non-hydrogen) atoms. The van der Waals surface area contributed by atoms with Crippen molar-refractivity contribution in [3.8, 4) is 0 Å². The smallest absolute Gasteiger partial charge is 0.326 e. The van der Waals surface area contributed by atoms with Gasteiger partial charge in [0, 0.05) is 6.54 Å². The number of nitrogens with two attached hydrogens (primary N) is 2. The fourth-order valence-electron chi connectivity index (χ4n) is 3.18. The first-order valence-corrected chi connectivity index (χ1v) is 10.5. The van der Waals surface area contributed by atoms with Crippen LogP contribution in [-0.2, 0) is 19.2 Å². The number of hydrogen-bond donors (Lipinski definition) is 7. The summed E-state index contributed by atoms with van der Waals surface area (Å²) in [6.45, 7) is 4.45. The van der Waals surface area contributed by atoms with E-state index in [0.717, 1.165) is 13.0 Å². The molecule has 176 valence electrons. The third kappa shape index (κ3) is 10.6. The number of nitrogens with zero attached hydrogens (tertiary/aromatic N) is 1. The highest BCUT2D eigenvalue weighted by Crippen LogP contribution is 2.09. The Kier molecular flexibility index (Phi) is 11.3. The molecule has 1 heterocycles. The quantitative estimate of drug-likeness (QED) is 0.0966. The van der Waals surface area contributed by atoms with Gasteiger partial charge in [-0.3, -0.25) is 19.4 Å². The molecule has 3 amide bonds. The lowest BCUT2D eigenvalue weighted by Gasteiger charge is -2.22. The van der Waals surface area contributed by atoms with Gasteiger partial charge in [0.25, 0.3) is 0 Å². The SMILES string of the molecule is CC(C)CC(NC(=O)C1CCCN1)C(=O)NCC(=O)NC(CCCN=C(N)N)C(=O)O. The first-order valence-electron chi connectivity index (χ1n) is 10.5. The Morgan fingerprint density at radius 3 is 2.42 bits per heavy atom. The highest BCUT2D eigenvalue weighted by molar-refractivity contribution is 5.92. The summed E-state index contributed by atoms with van der Waals surface area (Å²) in [7, 11) is 0. The predicted molar refractivity (Wildman–Crippen MR) is 115 cm³/mol. The number of hydrogen-bond acceptors (Lipinski definition) is 6. The van der Waals surface area contributed by atoms with E-state index >= 15 is 0 Å². The molecule has 12 heteroatoms. The zero-order valence-electron chi connectivity index (χ0n) is 18.1. The number of carbonyl (C=O) groups is 4. The fraction of sp³-hybridized carbons (Fsp3) is 0.737. The molecule has 1 rings (SSSR count). The molecule has 0 radical (unpaired) electrons. The summed E-state index contributed by atoms with van der Waals surface area (Å²) in [6, 6.07) is -2.23. The number of aliphatic carboxylic acids is 1. The maximum atomic E-state index is 12.5. The number of rotatable bonds is 13. The van der Waals surface area contributed by atoms with Gasteiger partial charge >= 0.3 is 5.97 Å². The Morgan fingerprint density at radius 2 is 1.87 bits per heavy atom. The number of nitrogens with one attached hydrogen (secondary N) is 4. The van der Waals surface area contributed by atoms with Crippen molar-refractivity contribution < 1.29 is 24.3 Å². The van der Waals surface area contributed by atoms with Crippen molar-refractivity contribution >= 4 is 29.7 Å². The van der Waals surface area contributed by atoms with Gasteiger partial charge in [-0.15, -0.1) is 0 Å². The van der Waals surface area contributed by atoms with E-state index in [0.29, 0.717) is 19.3 Å². The Morgan fingerprint density at radius 1 is 1.16 bits per heavy atom. The Bertz CT molecular complexity index is 658. The van der Waals surface area contributed by atoms with Gasteiger partial charge < -0.3 is 37.8 Å². The minimum Gasteiger partial charge on any atom is -0.480 e. The van der Waals surface area contributed by atoms with Crippen LogP contribution in [-0.4, -0.2) is 72.5 Å². The summed E-state index contributed by atoms with van der Waals surface area (Å²) in [5.41, 5.74) is 10.4. The van der Waals surface area contributed by atoms with E-state index in [-0.39, 0.29) is 36.8 Å². The highest BCUT2D eigenvalue weighted by atomic mass is 16.4. The van der Waals surface area contributed by atoms with Gasteiger partial charge in [-0.1, -0.05) is 13.8 Å². The molecule has 0 aromatic carbocycles. The summed E-state index contributed by atoms with van der Waals surface area (Å²) in [5, 5.41) is 19.9. The van der Waals surface area contributed by atoms with Crippen molar-refractivity contribution in [3.63, 3.8) is 0 Å².